The summed E-state index contributed by atoms with van der Waals surface area (Å²) in [6.07, 6.45) is 5.15. The molecule has 1 atom stereocenters. The molecule has 2 aromatic rings. The quantitative estimate of drug-likeness (QED) is 0.547. The first-order valence-corrected chi connectivity index (χ1v) is 12.4. The van der Waals surface area contributed by atoms with E-state index >= 15 is 0 Å². The van der Waals surface area contributed by atoms with E-state index in [2.05, 4.69) is 31.2 Å². The van der Waals surface area contributed by atoms with Gasteiger partial charge in [0.05, 0.1) is 12.2 Å². The summed E-state index contributed by atoms with van der Waals surface area (Å²) in [4.78, 5) is 28.8. The predicted molar refractivity (Wildman–Crippen MR) is 139 cm³/mol. The summed E-state index contributed by atoms with van der Waals surface area (Å²) >= 11 is 0. The maximum atomic E-state index is 13.0. The first-order valence-electron chi connectivity index (χ1n) is 12.4. The average molecular weight is 481 g/mol. The van der Waals surface area contributed by atoms with Crippen molar-refractivity contribution in [2.24, 2.45) is 5.92 Å². The molecule has 7 heteroatoms. The Balaban J connectivity index is 1.60. The van der Waals surface area contributed by atoms with Gasteiger partial charge in [0, 0.05) is 44.0 Å². The minimum atomic E-state index is -0.519. The van der Waals surface area contributed by atoms with Crippen molar-refractivity contribution in [2.75, 3.05) is 26.7 Å². The van der Waals surface area contributed by atoms with Crippen molar-refractivity contribution >= 4 is 18.1 Å². The Morgan fingerprint density at radius 1 is 1.17 bits per heavy atom. The number of piperidine rings is 1. The van der Waals surface area contributed by atoms with Crippen LogP contribution in [0.15, 0.2) is 30.3 Å². The zero-order valence-corrected chi connectivity index (χ0v) is 22.3. The van der Waals surface area contributed by atoms with E-state index in [4.69, 9.17) is 9.84 Å². The number of carbonyl (C=O) groups excluding carboxylic acids is 2. The van der Waals surface area contributed by atoms with Gasteiger partial charge in [-0.05, 0) is 71.9 Å². The molecule has 1 aliphatic rings. The van der Waals surface area contributed by atoms with E-state index in [1.165, 1.54) is 11.1 Å². The Kier molecular flexibility index (Phi) is 8.41. The third-order valence-corrected chi connectivity index (χ3v) is 6.35. The maximum Gasteiger partial charge on any atom is 0.410 e. The van der Waals surface area contributed by atoms with Gasteiger partial charge in [0.15, 0.2) is 0 Å². The van der Waals surface area contributed by atoms with Gasteiger partial charge in [-0.25, -0.2) is 4.79 Å². The molecule has 2 heterocycles. The van der Waals surface area contributed by atoms with E-state index in [-0.39, 0.29) is 17.9 Å². The molecule has 1 aromatic carbocycles. The summed E-state index contributed by atoms with van der Waals surface area (Å²) in [6, 6.07) is 8.46. The van der Waals surface area contributed by atoms with Crippen LogP contribution in [-0.2, 0) is 16.1 Å². The Morgan fingerprint density at radius 3 is 2.51 bits per heavy atom. The first kappa shape index (κ1) is 26.5. The van der Waals surface area contributed by atoms with Crippen LogP contribution in [0, 0.1) is 26.7 Å². The Morgan fingerprint density at radius 2 is 1.86 bits per heavy atom. The molecule has 1 aromatic heterocycles. The molecule has 1 fully saturated rings. The highest BCUT2D eigenvalue weighted by atomic mass is 16.6. The summed E-state index contributed by atoms with van der Waals surface area (Å²) in [5.41, 5.74) is 4.86. The smallest absolute Gasteiger partial charge is 0.410 e. The topological polar surface area (TPSA) is 67.7 Å². The lowest BCUT2D eigenvalue weighted by molar-refractivity contribution is -0.127. The van der Waals surface area contributed by atoms with E-state index in [1.807, 2.05) is 50.3 Å². The van der Waals surface area contributed by atoms with Gasteiger partial charge >= 0.3 is 6.09 Å². The van der Waals surface area contributed by atoms with E-state index < -0.39 is 5.60 Å². The predicted octanol–water partition coefficient (Wildman–Crippen LogP) is 4.98. The molecule has 0 aliphatic carbocycles. The Labute approximate surface area is 209 Å². The molecule has 3 rings (SSSR count). The van der Waals surface area contributed by atoms with Gasteiger partial charge in [0.1, 0.15) is 5.60 Å². The molecule has 7 nitrogen and oxygen atoms in total. The molecule has 0 N–H and O–H groups in total. The Hall–Kier alpha value is -3.09. The Bertz CT molecular complexity index is 1060. The van der Waals surface area contributed by atoms with E-state index in [0.717, 1.165) is 36.3 Å². The lowest BCUT2D eigenvalue weighted by Gasteiger charge is -2.34. The van der Waals surface area contributed by atoms with Crippen molar-refractivity contribution in [2.45, 2.75) is 66.5 Å². The van der Waals surface area contributed by atoms with Crippen LogP contribution in [0.25, 0.3) is 6.08 Å². The third-order valence-electron chi connectivity index (χ3n) is 6.35. The largest absolute Gasteiger partial charge is 0.444 e. The number of likely N-dealkylation sites (tertiary alicyclic amines) is 1. The number of benzene rings is 1. The van der Waals surface area contributed by atoms with Gasteiger partial charge in [-0.3, -0.25) is 9.48 Å². The van der Waals surface area contributed by atoms with Crippen molar-refractivity contribution in [1.82, 2.24) is 19.6 Å². The van der Waals surface area contributed by atoms with Crippen LogP contribution in [0.2, 0.25) is 0 Å². The zero-order chi connectivity index (χ0) is 25.8. The van der Waals surface area contributed by atoms with Crippen molar-refractivity contribution in [1.29, 1.82) is 0 Å². The standard InChI is InChI=1S/C28H40N4O3/c1-20-10-12-23(13-11-20)19-32-22(3)25(21(2)29-32)14-15-26(33)31-16-8-9-24(18-31)17-30(7)27(34)35-28(4,5)6/h10-15,24H,8-9,16-19H2,1-7H3. The summed E-state index contributed by atoms with van der Waals surface area (Å²) in [6.45, 7) is 14.3. The van der Waals surface area contributed by atoms with E-state index in [9.17, 15) is 9.59 Å². The van der Waals surface area contributed by atoms with Crippen molar-refractivity contribution in [3.05, 3.63) is 58.4 Å². The maximum absolute atomic E-state index is 13.0. The number of hydrogen-bond donors (Lipinski definition) is 0. The van der Waals surface area contributed by atoms with Gasteiger partial charge in [-0.15, -0.1) is 0 Å². The number of ether oxygens (including phenoxy) is 1. The fourth-order valence-electron chi connectivity index (χ4n) is 4.45. The summed E-state index contributed by atoms with van der Waals surface area (Å²) in [5.74, 6) is 0.235. The SMILES string of the molecule is Cc1ccc(Cn2nc(C)c(C=CC(=O)N3CCCC(CN(C)C(=O)OC(C)(C)C)C3)c2C)cc1. The number of aryl methyl sites for hydroxylation is 2. The molecular weight excluding hydrogens is 440 g/mol. The number of aromatic nitrogens is 2. The van der Waals surface area contributed by atoms with Crippen LogP contribution < -0.4 is 0 Å². The molecule has 2 amide bonds. The lowest BCUT2D eigenvalue weighted by atomic mass is 9.97. The molecule has 0 saturated carbocycles. The van der Waals surface area contributed by atoms with E-state index in [1.54, 1.807) is 18.0 Å². The van der Waals surface area contributed by atoms with E-state index in [0.29, 0.717) is 19.6 Å². The average Bonchev–Trinajstić information content (AvgIpc) is 3.05. The van der Waals surface area contributed by atoms with Crippen LogP contribution in [0.1, 0.15) is 61.7 Å². The molecule has 0 spiro atoms. The third kappa shape index (κ3) is 7.44. The van der Waals surface area contributed by atoms with Crippen LogP contribution in [0.3, 0.4) is 0 Å². The van der Waals surface area contributed by atoms with Crippen molar-refractivity contribution < 1.29 is 14.3 Å². The second kappa shape index (κ2) is 11.1. The molecule has 1 unspecified atom stereocenters. The van der Waals surface area contributed by atoms with Gasteiger partial charge in [-0.1, -0.05) is 29.8 Å². The number of rotatable bonds is 6. The molecule has 190 valence electrons. The van der Waals surface area contributed by atoms with Crippen molar-refractivity contribution in [3.8, 4) is 0 Å². The van der Waals surface area contributed by atoms with Gasteiger partial charge in [0.25, 0.3) is 0 Å². The lowest BCUT2D eigenvalue weighted by Crippen LogP contribution is -2.44. The highest BCUT2D eigenvalue weighted by molar-refractivity contribution is 5.92. The number of nitrogens with zero attached hydrogens (tertiary/aromatic N) is 4. The molecular formula is C28H40N4O3. The normalized spacial score (nSPS) is 16.5. The number of carbonyl (C=O) groups is 2. The molecule has 35 heavy (non-hydrogen) atoms. The molecule has 1 aliphatic heterocycles. The summed E-state index contributed by atoms with van der Waals surface area (Å²) < 4.78 is 7.45. The van der Waals surface area contributed by atoms with Crippen LogP contribution in [0.5, 0.6) is 0 Å². The number of amides is 2. The highest BCUT2D eigenvalue weighted by Gasteiger charge is 2.26. The minimum Gasteiger partial charge on any atom is -0.444 e. The first-order chi connectivity index (χ1) is 16.4. The number of hydrogen-bond acceptors (Lipinski definition) is 4. The van der Waals surface area contributed by atoms with Crippen LogP contribution in [-0.4, -0.2) is 63.9 Å². The molecule has 0 bridgehead atoms. The summed E-state index contributed by atoms with van der Waals surface area (Å²) in [5, 5.41) is 4.70. The highest BCUT2D eigenvalue weighted by Crippen LogP contribution is 2.21. The zero-order valence-electron chi connectivity index (χ0n) is 22.3. The monoisotopic (exact) mass is 480 g/mol. The fraction of sp³-hybridized carbons (Fsp3) is 0.536. The van der Waals surface area contributed by atoms with Gasteiger partial charge < -0.3 is 14.5 Å². The summed E-state index contributed by atoms with van der Waals surface area (Å²) in [7, 11) is 1.76. The van der Waals surface area contributed by atoms with Crippen molar-refractivity contribution in [3.63, 3.8) is 0 Å². The second-order valence-corrected chi connectivity index (χ2v) is 10.7. The minimum absolute atomic E-state index is 0.000273. The second-order valence-electron chi connectivity index (χ2n) is 10.7. The van der Waals surface area contributed by atoms with Crippen LogP contribution >= 0.6 is 0 Å². The molecule has 1 saturated heterocycles. The molecule has 0 radical (unpaired) electrons. The fourth-order valence-corrected chi connectivity index (χ4v) is 4.45. The van der Waals surface area contributed by atoms with Crippen LogP contribution in [0.4, 0.5) is 4.79 Å². The van der Waals surface area contributed by atoms with Gasteiger partial charge in [0.2, 0.25) is 5.91 Å². The van der Waals surface area contributed by atoms with Gasteiger partial charge in [-0.2, -0.15) is 5.10 Å².